The fraction of sp³-hybridized carbons (Fsp3) is 0.458. The van der Waals surface area contributed by atoms with Gasteiger partial charge in [-0.1, -0.05) is 30.3 Å². The summed E-state index contributed by atoms with van der Waals surface area (Å²) in [6, 6.07) is 15.9. The Bertz CT molecular complexity index is 1010. The third kappa shape index (κ3) is 6.54. The van der Waals surface area contributed by atoms with Crippen LogP contribution in [-0.4, -0.2) is 62.6 Å². The highest BCUT2D eigenvalue weighted by Crippen LogP contribution is 2.25. The first-order chi connectivity index (χ1) is 15.3. The summed E-state index contributed by atoms with van der Waals surface area (Å²) in [7, 11) is -3.33. The topological polar surface area (TPSA) is 70.2 Å². The molecule has 2 aromatic rings. The molecule has 0 aromatic heterocycles. The van der Waals surface area contributed by atoms with Gasteiger partial charge in [0.05, 0.1) is 12.9 Å². The maximum atomic E-state index is 12.4. The molecule has 174 valence electrons. The van der Waals surface area contributed by atoms with Gasteiger partial charge in [-0.05, 0) is 42.7 Å². The molecule has 1 amide bonds. The molecule has 0 N–H and O–H groups in total. The summed E-state index contributed by atoms with van der Waals surface area (Å²) >= 11 is 0. The highest BCUT2D eigenvalue weighted by molar-refractivity contribution is 7.88. The van der Waals surface area contributed by atoms with Crippen molar-refractivity contribution in [1.29, 1.82) is 0 Å². The summed E-state index contributed by atoms with van der Waals surface area (Å²) in [5, 5.41) is 0. The van der Waals surface area contributed by atoms with Gasteiger partial charge in [0.1, 0.15) is 5.75 Å². The van der Waals surface area contributed by atoms with Crippen LogP contribution in [0.25, 0.3) is 0 Å². The monoisotopic (exact) mass is 459 g/mol. The molecule has 8 heteroatoms. The molecule has 0 unspecified atom stereocenters. The first-order valence-corrected chi connectivity index (χ1v) is 12.9. The normalized spacial score (nSPS) is 16.8. The van der Waals surface area contributed by atoms with Crippen molar-refractivity contribution in [3.63, 3.8) is 0 Å². The van der Waals surface area contributed by atoms with E-state index in [2.05, 4.69) is 4.90 Å². The molecule has 7 nitrogen and oxygen atoms in total. The molecule has 3 rings (SSSR count). The quantitative estimate of drug-likeness (QED) is 0.687. The summed E-state index contributed by atoms with van der Waals surface area (Å²) in [4.78, 5) is 16.4. The van der Waals surface area contributed by atoms with Gasteiger partial charge in [0, 0.05) is 51.9 Å². The van der Waals surface area contributed by atoms with Crippen LogP contribution < -0.4 is 9.64 Å². The molecule has 1 aliphatic heterocycles. The Kier molecular flexibility index (Phi) is 8.28. The van der Waals surface area contributed by atoms with Crippen LogP contribution in [0.3, 0.4) is 0 Å². The summed E-state index contributed by atoms with van der Waals surface area (Å²) in [5.41, 5.74) is 3.07. The maximum Gasteiger partial charge on any atom is 0.223 e. The second kappa shape index (κ2) is 10.9. The van der Waals surface area contributed by atoms with Gasteiger partial charge in [-0.3, -0.25) is 9.69 Å². The average molecular weight is 460 g/mol. The highest BCUT2D eigenvalue weighted by Gasteiger charge is 2.23. The molecule has 0 spiro atoms. The van der Waals surface area contributed by atoms with Gasteiger partial charge in [-0.25, -0.2) is 12.7 Å². The number of fused-ring (bicyclic) bond motifs is 1. The SMILES string of the molecule is CCOc1ccc(CN2CCN(S(C)(=O)=O)CCCN(C(C)=O)c3ccccc3C2)cc1. The second-order valence-electron chi connectivity index (χ2n) is 8.10. The van der Waals surface area contributed by atoms with E-state index in [0.29, 0.717) is 52.3 Å². The first-order valence-electron chi connectivity index (χ1n) is 11.0. The van der Waals surface area contributed by atoms with Crippen molar-refractivity contribution in [2.45, 2.75) is 33.4 Å². The van der Waals surface area contributed by atoms with E-state index in [1.807, 2.05) is 55.5 Å². The fourth-order valence-electron chi connectivity index (χ4n) is 4.03. The molecule has 0 bridgehead atoms. The predicted molar refractivity (Wildman–Crippen MR) is 127 cm³/mol. The lowest BCUT2D eigenvalue weighted by Gasteiger charge is -2.27. The molecule has 1 aliphatic rings. The average Bonchev–Trinajstić information content (AvgIpc) is 2.77. The molecule has 0 fully saturated rings. The number of amides is 1. The minimum absolute atomic E-state index is 0.0411. The number of rotatable bonds is 5. The zero-order valence-electron chi connectivity index (χ0n) is 19.2. The van der Waals surface area contributed by atoms with Crippen LogP contribution in [0.4, 0.5) is 5.69 Å². The van der Waals surface area contributed by atoms with Crippen LogP contribution in [0, 0.1) is 0 Å². The van der Waals surface area contributed by atoms with Gasteiger partial charge < -0.3 is 9.64 Å². The molecular formula is C24H33N3O4S. The Balaban J connectivity index is 1.91. The zero-order valence-corrected chi connectivity index (χ0v) is 20.0. The minimum atomic E-state index is -3.33. The van der Waals surface area contributed by atoms with Crippen molar-refractivity contribution >= 4 is 21.6 Å². The summed E-state index contributed by atoms with van der Waals surface area (Å²) in [5.74, 6) is 0.792. The largest absolute Gasteiger partial charge is 0.494 e. The molecule has 2 aromatic carbocycles. The van der Waals surface area contributed by atoms with Crippen LogP contribution in [-0.2, 0) is 27.9 Å². The van der Waals surface area contributed by atoms with Crippen molar-refractivity contribution in [2.24, 2.45) is 0 Å². The van der Waals surface area contributed by atoms with E-state index >= 15 is 0 Å². The number of sulfonamides is 1. The third-order valence-corrected chi connectivity index (χ3v) is 6.92. The Morgan fingerprint density at radius 2 is 1.72 bits per heavy atom. The predicted octanol–water partition coefficient (Wildman–Crippen LogP) is 3.11. The van der Waals surface area contributed by atoms with E-state index < -0.39 is 10.0 Å². The number of nitrogens with zero attached hydrogens (tertiary/aromatic N) is 3. The molecule has 32 heavy (non-hydrogen) atoms. The molecule has 0 aliphatic carbocycles. The maximum absolute atomic E-state index is 12.4. The van der Waals surface area contributed by atoms with Gasteiger partial charge in [0.2, 0.25) is 15.9 Å². The van der Waals surface area contributed by atoms with Gasteiger partial charge in [0.25, 0.3) is 0 Å². The molecule has 0 atom stereocenters. The molecule has 0 saturated carbocycles. The highest BCUT2D eigenvalue weighted by atomic mass is 32.2. The number of benzene rings is 2. The number of hydrogen-bond acceptors (Lipinski definition) is 5. The van der Waals surface area contributed by atoms with Crippen molar-refractivity contribution in [3.05, 3.63) is 59.7 Å². The number of para-hydroxylation sites is 1. The number of hydrogen-bond donors (Lipinski definition) is 0. The van der Waals surface area contributed by atoms with Crippen molar-refractivity contribution in [3.8, 4) is 5.75 Å². The summed E-state index contributed by atoms with van der Waals surface area (Å²) < 4.78 is 31.8. The minimum Gasteiger partial charge on any atom is -0.494 e. The molecule has 0 radical (unpaired) electrons. The van der Waals surface area contributed by atoms with Crippen LogP contribution in [0.5, 0.6) is 5.75 Å². The smallest absolute Gasteiger partial charge is 0.223 e. The van der Waals surface area contributed by atoms with E-state index in [0.717, 1.165) is 22.6 Å². The lowest BCUT2D eigenvalue weighted by molar-refractivity contribution is -0.116. The summed E-state index contributed by atoms with van der Waals surface area (Å²) in [6.07, 6.45) is 1.83. The Morgan fingerprint density at radius 1 is 1.00 bits per heavy atom. The lowest BCUT2D eigenvalue weighted by atomic mass is 10.1. The van der Waals surface area contributed by atoms with E-state index in [-0.39, 0.29) is 5.91 Å². The first kappa shape index (κ1) is 24.2. The van der Waals surface area contributed by atoms with Gasteiger partial charge in [0.15, 0.2) is 0 Å². The summed E-state index contributed by atoms with van der Waals surface area (Å²) in [6.45, 7) is 7.30. The van der Waals surface area contributed by atoms with E-state index in [1.54, 1.807) is 11.8 Å². The third-order valence-electron chi connectivity index (χ3n) is 5.62. The zero-order chi connectivity index (χ0) is 23.1. The van der Waals surface area contributed by atoms with Gasteiger partial charge in [-0.2, -0.15) is 0 Å². The van der Waals surface area contributed by atoms with E-state index in [4.69, 9.17) is 4.74 Å². The van der Waals surface area contributed by atoms with E-state index in [9.17, 15) is 13.2 Å². The van der Waals surface area contributed by atoms with Gasteiger partial charge >= 0.3 is 0 Å². The van der Waals surface area contributed by atoms with Crippen LogP contribution in [0.1, 0.15) is 31.4 Å². The Labute approximate surface area is 191 Å². The number of ether oxygens (including phenoxy) is 1. The standard InChI is InChI=1S/C24H33N3O4S/c1-4-31-23-12-10-21(11-13-23)18-25-16-17-26(32(3,29)30)14-7-15-27(20(2)28)24-9-6-5-8-22(24)19-25/h5-6,8-13H,4,7,14-19H2,1-3H3. The fourth-order valence-corrected chi connectivity index (χ4v) is 4.90. The second-order valence-corrected chi connectivity index (χ2v) is 10.1. The molecule has 1 heterocycles. The lowest BCUT2D eigenvalue weighted by Crippen LogP contribution is -2.39. The van der Waals surface area contributed by atoms with Crippen molar-refractivity contribution < 1.29 is 17.9 Å². The van der Waals surface area contributed by atoms with Gasteiger partial charge in [-0.15, -0.1) is 0 Å². The van der Waals surface area contributed by atoms with Crippen LogP contribution in [0.2, 0.25) is 0 Å². The van der Waals surface area contributed by atoms with E-state index in [1.165, 1.54) is 10.6 Å². The number of carbonyl (C=O) groups is 1. The van der Waals surface area contributed by atoms with Crippen molar-refractivity contribution in [1.82, 2.24) is 9.21 Å². The number of carbonyl (C=O) groups excluding carboxylic acids is 1. The van der Waals surface area contributed by atoms with Crippen LogP contribution in [0.15, 0.2) is 48.5 Å². The van der Waals surface area contributed by atoms with Crippen LogP contribution >= 0.6 is 0 Å². The Hall–Kier alpha value is -2.42. The Morgan fingerprint density at radius 3 is 2.38 bits per heavy atom. The number of anilines is 1. The molecule has 0 saturated heterocycles. The van der Waals surface area contributed by atoms with Crippen molar-refractivity contribution in [2.75, 3.05) is 43.9 Å². The molecular weight excluding hydrogens is 426 g/mol.